The molecule has 0 heterocycles. The van der Waals surface area contributed by atoms with Gasteiger partial charge in [0.2, 0.25) is 11.8 Å². The molecule has 0 unspecified atom stereocenters. The van der Waals surface area contributed by atoms with Crippen molar-refractivity contribution in [2.45, 2.75) is 54.4 Å². The minimum atomic E-state index is -0.476. The van der Waals surface area contributed by atoms with E-state index in [2.05, 4.69) is 10.6 Å². The topological polar surface area (TPSA) is 120 Å². The van der Waals surface area contributed by atoms with Crippen molar-refractivity contribution in [2.75, 3.05) is 57.2 Å². The number of halogens is 1. The van der Waals surface area contributed by atoms with Crippen LogP contribution in [0.5, 0.6) is 0 Å². The molecule has 0 aliphatic rings. The van der Waals surface area contributed by atoms with Gasteiger partial charge in [0.25, 0.3) is 0 Å². The molecule has 10 heteroatoms. The number of carbonyl (C=O) groups is 4. The molecule has 0 rings (SSSR count). The first-order chi connectivity index (χ1) is 16.4. The summed E-state index contributed by atoms with van der Waals surface area (Å²) in [6, 6.07) is 0. The highest BCUT2D eigenvalue weighted by Gasteiger charge is 2.30. The molecule has 0 saturated heterocycles. The van der Waals surface area contributed by atoms with Crippen molar-refractivity contribution in [1.82, 2.24) is 10.6 Å². The van der Waals surface area contributed by atoms with Crippen molar-refractivity contribution < 1.29 is 33.4 Å². The molecule has 0 spiro atoms. The Kier molecular flexibility index (Phi) is 18.5. The predicted molar refractivity (Wildman–Crippen MR) is 144 cm³/mol. The fraction of sp³-hybridized carbons (Fsp3) is 0.840. The lowest BCUT2D eigenvalue weighted by Gasteiger charge is -2.23. The van der Waals surface area contributed by atoms with Crippen LogP contribution in [0.25, 0.3) is 0 Å². The van der Waals surface area contributed by atoms with Crippen molar-refractivity contribution in [3.63, 3.8) is 0 Å². The van der Waals surface area contributed by atoms with E-state index in [9.17, 15) is 19.2 Å². The van der Waals surface area contributed by atoms with Gasteiger partial charge in [0.15, 0.2) is 0 Å². The second kappa shape index (κ2) is 19.1. The number of carbonyl (C=O) groups excluding carboxylic acids is 4. The molecule has 9 nitrogen and oxygen atoms in total. The average molecular weight is 613 g/mol. The first-order valence-electron chi connectivity index (χ1n) is 12.3. The van der Waals surface area contributed by atoms with E-state index < -0.39 is 17.3 Å². The van der Waals surface area contributed by atoms with Crippen molar-refractivity contribution >= 4 is 46.0 Å². The largest absolute Gasteiger partial charge is 0.377 e. The van der Waals surface area contributed by atoms with Crippen molar-refractivity contribution in [3.05, 3.63) is 0 Å². The molecule has 0 aliphatic heterocycles. The van der Waals surface area contributed by atoms with E-state index in [0.717, 1.165) is 0 Å². The molecule has 0 bridgehead atoms. The van der Waals surface area contributed by atoms with Crippen LogP contribution in [0.15, 0.2) is 0 Å². The van der Waals surface area contributed by atoms with Crippen LogP contribution < -0.4 is 10.6 Å². The Bertz CT molecular complexity index is 650. The normalized spacial score (nSPS) is 13.4. The molecule has 2 N–H and O–H groups in total. The third-order valence-electron chi connectivity index (χ3n) is 5.42. The summed E-state index contributed by atoms with van der Waals surface area (Å²) in [5.74, 6) is -1.02. The van der Waals surface area contributed by atoms with Gasteiger partial charge < -0.3 is 24.8 Å². The smallest absolute Gasteiger partial charge is 0.229 e. The summed E-state index contributed by atoms with van der Waals surface area (Å²) < 4.78 is 16.7. The summed E-state index contributed by atoms with van der Waals surface area (Å²) in [5.41, 5.74) is -0.476. The number of nitrogens with one attached hydrogen (secondary N) is 2. The quantitative estimate of drug-likeness (QED) is 0.123. The maximum Gasteiger partial charge on any atom is 0.229 e. The van der Waals surface area contributed by atoms with Gasteiger partial charge in [-0.25, -0.2) is 0 Å². The second-order valence-electron chi connectivity index (χ2n) is 9.91. The van der Waals surface area contributed by atoms with Crippen molar-refractivity contribution in [2.24, 2.45) is 23.2 Å². The van der Waals surface area contributed by atoms with Gasteiger partial charge in [-0.05, 0) is 5.92 Å². The number of hydrogen-bond acceptors (Lipinski definition) is 7. The van der Waals surface area contributed by atoms with E-state index in [0.29, 0.717) is 57.2 Å². The van der Waals surface area contributed by atoms with Crippen LogP contribution in [0, 0.1) is 23.2 Å². The van der Waals surface area contributed by atoms with Crippen molar-refractivity contribution in [1.29, 1.82) is 0 Å². The Labute approximate surface area is 224 Å². The molecule has 2 atom stereocenters. The summed E-state index contributed by atoms with van der Waals surface area (Å²) in [6.07, 6.45) is 0.331. The summed E-state index contributed by atoms with van der Waals surface area (Å²) in [4.78, 5) is 48.5. The number of rotatable bonds is 20. The molecular weight excluding hydrogens is 567 g/mol. The third-order valence-corrected chi connectivity index (χ3v) is 6.11. The monoisotopic (exact) mass is 612 g/mol. The second-order valence-corrected chi connectivity index (χ2v) is 10.7. The third kappa shape index (κ3) is 17.1. The van der Waals surface area contributed by atoms with Crippen LogP contribution in [0.3, 0.4) is 0 Å². The zero-order valence-electron chi connectivity index (χ0n) is 22.2. The summed E-state index contributed by atoms with van der Waals surface area (Å²) in [7, 11) is 0. The molecule has 0 fully saturated rings. The summed E-state index contributed by atoms with van der Waals surface area (Å²) >= 11 is 2.00. The van der Waals surface area contributed by atoms with Gasteiger partial charge >= 0.3 is 0 Å². The molecule has 35 heavy (non-hydrogen) atoms. The lowest BCUT2D eigenvalue weighted by molar-refractivity contribution is -0.134. The highest BCUT2D eigenvalue weighted by atomic mass is 127. The maximum absolute atomic E-state index is 12.6. The lowest BCUT2D eigenvalue weighted by atomic mass is 9.81. The highest BCUT2D eigenvalue weighted by Crippen LogP contribution is 2.23. The van der Waals surface area contributed by atoms with Gasteiger partial charge in [0.1, 0.15) is 11.6 Å². The molecule has 2 amide bonds. The SMILES string of the molecule is CC(C)[C@@H](CC(=O)[C@@H](C)CC(=O)C(C)(C)C)C(=O)NCCOCCOCCOCCNC(=O)CI. The number of amides is 2. The summed E-state index contributed by atoms with van der Waals surface area (Å²) in [5, 5.41) is 5.56. The van der Waals surface area contributed by atoms with Gasteiger partial charge in [-0.15, -0.1) is 0 Å². The Balaban J connectivity index is 4.00. The Hall–Kier alpha value is -1.11. The maximum atomic E-state index is 12.6. The van der Waals surface area contributed by atoms with Gasteiger partial charge in [0, 0.05) is 43.2 Å². The Morgan fingerprint density at radius 1 is 0.771 bits per heavy atom. The molecule has 0 radical (unpaired) electrons. The fourth-order valence-corrected chi connectivity index (χ4v) is 3.25. The van der Waals surface area contributed by atoms with E-state index in [4.69, 9.17) is 14.2 Å². The molecule has 0 aliphatic carbocycles. The number of alkyl halides is 1. The van der Waals surface area contributed by atoms with Crippen LogP contribution in [-0.4, -0.2) is 80.5 Å². The van der Waals surface area contributed by atoms with Crippen LogP contribution in [0.2, 0.25) is 0 Å². The first-order valence-corrected chi connectivity index (χ1v) is 13.8. The van der Waals surface area contributed by atoms with E-state index in [1.807, 2.05) is 57.2 Å². The van der Waals surface area contributed by atoms with E-state index in [-0.39, 0.29) is 42.1 Å². The molecule has 0 aromatic heterocycles. The van der Waals surface area contributed by atoms with Crippen LogP contribution in [0.4, 0.5) is 0 Å². The molecule has 0 aromatic carbocycles. The van der Waals surface area contributed by atoms with E-state index >= 15 is 0 Å². The van der Waals surface area contributed by atoms with Gasteiger partial charge in [-0.2, -0.15) is 0 Å². The first kappa shape index (κ1) is 33.9. The Morgan fingerprint density at radius 2 is 1.26 bits per heavy atom. The highest BCUT2D eigenvalue weighted by molar-refractivity contribution is 14.1. The van der Waals surface area contributed by atoms with Gasteiger partial charge in [-0.1, -0.05) is 64.1 Å². The number of ketones is 2. The van der Waals surface area contributed by atoms with Crippen LogP contribution in [-0.2, 0) is 33.4 Å². The molecule has 0 saturated carbocycles. The zero-order chi connectivity index (χ0) is 26.9. The zero-order valence-corrected chi connectivity index (χ0v) is 24.4. The number of hydrogen-bond donors (Lipinski definition) is 2. The molecular formula is C25H45IN2O7. The fourth-order valence-electron chi connectivity index (χ4n) is 2.98. The standard InChI is InChI=1S/C25H45IN2O7/c1-18(2)20(16-21(29)19(3)15-22(30)25(4,5)6)24(32)28-8-10-34-12-14-35-13-11-33-9-7-27-23(31)17-26/h18-20H,7-17H2,1-6H3,(H,27,31)(H,28,32)/t19-,20+/m0/s1. The minimum Gasteiger partial charge on any atom is -0.377 e. The van der Waals surface area contributed by atoms with E-state index in [1.165, 1.54) is 0 Å². The molecule has 0 aromatic rings. The number of ether oxygens (including phenoxy) is 3. The van der Waals surface area contributed by atoms with Crippen LogP contribution >= 0.6 is 22.6 Å². The lowest BCUT2D eigenvalue weighted by Crippen LogP contribution is -2.37. The Morgan fingerprint density at radius 3 is 1.71 bits per heavy atom. The molecule has 204 valence electrons. The van der Waals surface area contributed by atoms with Crippen molar-refractivity contribution in [3.8, 4) is 0 Å². The predicted octanol–water partition coefficient (Wildman–Crippen LogP) is 2.58. The van der Waals surface area contributed by atoms with Crippen LogP contribution in [0.1, 0.15) is 54.4 Å². The number of Topliss-reactive ketones (excluding diaryl/α,β-unsaturated/α-hetero) is 2. The van der Waals surface area contributed by atoms with Gasteiger partial charge in [0.05, 0.1) is 44.1 Å². The minimum absolute atomic E-state index is 0.00330. The summed E-state index contributed by atoms with van der Waals surface area (Å²) in [6.45, 7) is 14.4. The average Bonchev–Trinajstić information content (AvgIpc) is 2.78. The van der Waals surface area contributed by atoms with Gasteiger partial charge in [-0.3, -0.25) is 19.2 Å². The van der Waals surface area contributed by atoms with E-state index in [1.54, 1.807) is 6.92 Å².